The van der Waals surface area contributed by atoms with E-state index in [1.807, 2.05) is 0 Å². The molecule has 0 unspecified atom stereocenters. The summed E-state index contributed by atoms with van der Waals surface area (Å²) in [6.07, 6.45) is 3.18. The topological polar surface area (TPSA) is 38.7 Å². The Morgan fingerprint density at radius 3 is 1.46 bits per heavy atom. The first-order chi connectivity index (χ1) is 23.4. The molecule has 0 N–H and O–H groups in total. The van der Waals surface area contributed by atoms with Crippen LogP contribution in [0.15, 0.2) is 128 Å². The molecule has 1 aromatic heterocycles. The van der Waals surface area contributed by atoms with Gasteiger partial charge < -0.3 is 0 Å². The van der Waals surface area contributed by atoms with Gasteiger partial charge in [0.2, 0.25) is 0 Å². The summed E-state index contributed by atoms with van der Waals surface area (Å²) in [5.41, 5.74) is 14.3. The number of benzene rings is 7. The highest BCUT2D eigenvalue weighted by atomic mass is 15.0. The van der Waals surface area contributed by atoms with Crippen LogP contribution >= 0.6 is 0 Å². The van der Waals surface area contributed by atoms with Gasteiger partial charge in [-0.15, -0.1) is 0 Å². The van der Waals surface area contributed by atoms with E-state index in [4.69, 9.17) is 0 Å². The number of aromatic nitrogens is 3. The second-order valence-corrected chi connectivity index (χ2v) is 14.4. The lowest BCUT2D eigenvalue weighted by Gasteiger charge is -2.26. The highest BCUT2D eigenvalue weighted by Crippen LogP contribution is 2.59. The standard InChI is InChI=1S/C45H33N3/c1-44(2)34-19-11-9-17-31(34)40-36(44)22-21-30-33(23-37-41(42(30)40)32-18-10-12-20-35(32)45(37,3)4)38-26-13-5-7-15-28(26)39(43-47-24-46-25-48-43)29-16-8-6-14-27(29)38/h5-25H,1-4H3. The minimum atomic E-state index is -0.165. The van der Waals surface area contributed by atoms with Gasteiger partial charge in [-0.2, -0.15) is 0 Å². The molecule has 0 bridgehead atoms. The van der Waals surface area contributed by atoms with Gasteiger partial charge >= 0.3 is 0 Å². The predicted molar refractivity (Wildman–Crippen MR) is 198 cm³/mol. The molecule has 0 fully saturated rings. The highest BCUT2D eigenvalue weighted by molar-refractivity contribution is 6.25. The van der Waals surface area contributed by atoms with Crippen LogP contribution in [0.4, 0.5) is 0 Å². The Labute approximate surface area is 280 Å². The first-order valence-corrected chi connectivity index (χ1v) is 16.8. The largest absolute Gasteiger partial charge is 0.225 e. The molecule has 2 aliphatic rings. The Morgan fingerprint density at radius 2 is 0.875 bits per heavy atom. The lowest BCUT2D eigenvalue weighted by molar-refractivity contribution is 0.660. The van der Waals surface area contributed by atoms with Crippen LogP contribution in [0.3, 0.4) is 0 Å². The number of nitrogens with zero attached hydrogens (tertiary/aromatic N) is 3. The summed E-state index contributed by atoms with van der Waals surface area (Å²) in [6, 6.07) is 43.0. The fourth-order valence-electron chi connectivity index (χ4n) is 9.11. The average Bonchev–Trinajstić information content (AvgIpc) is 3.50. The lowest BCUT2D eigenvalue weighted by Crippen LogP contribution is -2.15. The summed E-state index contributed by atoms with van der Waals surface area (Å²) in [5, 5.41) is 7.33. The zero-order chi connectivity index (χ0) is 32.4. The third kappa shape index (κ3) is 3.41. The highest BCUT2D eigenvalue weighted by Gasteiger charge is 2.41. The normalized spacial score (nSPS) is 15.0. The van der Waals surface area contributed by atoms with Crippen molar-refractivity contribution in [3.63, 3.8) is 0 Å². The molecule has 10 rings (SSSR count). The Morgan fingerprint density at radius 1 is 0.396 bits per heavy atom. The maximum absolute atomic E-state index is 4.64. The maximum atomic E-state index is 4.64. The van der Waals surface area contributed by atoms with E-state index in [2.05, 4.69) is 158 Å². The van der Waals surface area contributed by atoms with Crippen molar-refractivity contribution in [2.45, 2.75) is 38.5 Å². The van der Waals surface area contributed by atoms with Gasteiger partial charge in [-0.1, -0.05) is 137 Å². The Bertz CT molecular complexity index is 2590. The molecule has 0 saturated carbocycles. The summed E-state index contributed by atoms with van der Waals surface area (Å²) in [6.45, 7) is 9.56. The fraction of sp³-hybridized carbons (Fsp3) is 0.133. The molecule has 2 aliphatic carbocycles. The van der Waals surface area contributed by atoms with Crippen molar-refractivity contribution >= 4 is 32.3 Å². The summed E-state index contributed by atoms with van der Waals surface area (Å²) < 4.78 is 0. The molecule has 0 amide bonds. The molecular formula is C45H33N3. The van der Waals surface area contributed by atoms with Crippen LogP contribution in [-0.2, 0) is 10.8 Å². The molecule has 0 atom stereocenters. The monoisotopic (exact) mass is 615 g/mol. The number of hydrogen-bond acceptors (Lipinski definition) is 3. The second kappa shape index (κ2) is 9.45. The van der Waals surface area contributed by atoms with E-state index < -0.39 is 0 Å². The molecule has 7 aromatic carbocycles. The van der Waals surface area contributed by atoms with E-state index in [0.29, 0.717) is 5.82 Å². The Balaban J connectivity index is 1.44. The van der Waals surface area contributed by atoms with Crippen LogP contribution in [-0.4, -0.2) is 15.0 Å². The molecule has 0 spiro atoms. The number of hydrogen-bond donors (Lipinski definition) is 0. The van der Waals surface area contributed by atoms with Crippen molar-refractivity contribution in [3.8, 4) is 44.8 Å². The molecule has 1 heterocycles. The van der Waals surface area contributed by atoms with Crippen molar-refractivity contribution in [1.29, 1.82) is 0 Å². The van der Waals surface area contributed by atoms with E-state index >= 15 is 0 Å². The maximum Gasteiger partial charge on any atom is 0.163 e. The van der Waals surface area contributed by atoms with Gasteiger partial charge in [0.05, 0.1) is 0 Å². The minimum Gasteiger partial charge on any atom is -0.225 e. The first-order valence-electron chi connectivity index (χ1n) is 16.8. The van der Waals surface area contributed by atoms with Gasteiger partial charge in [-0.05, 0) is 94.0 Å². The zero-order valence-electron chi connectivity index (χ0n) is 27.5. The van der Waals surface area contributed by atoms with Gasteiger partial charge in [0, 0.05) is 16.4 Å². The molecule has 0 saturated heterocycles. The van der Waals surface area contributed by atoms with Crippen LogP contribution in [0.5, 0.6) is 0 Å². The fourth-order valence-corrected chi connectivity index (χ4v) is 9.11. The molecule has 0 radical (unpaired) electrons. The minimum absolute atomic E-state index is 0.0950. The third-order valence-electron chi connectivity index (χ3n) is 11.3. The lowest BCUT2D eigenvalue weighted by atomic mass is 9.77. The van der Waals surface area contributed by atoms with Crippen molar-refractivity contribution in [2.24, 2.45) is 0 Å². The molecule has 48 heavy (non-hydrogen) atoms. The van der Waals surface area contributed by atoms with Gasteiger partial charge in [0.15, 0.2) is 5.82 Å². The van der Waals surface area contributed by atoms with Crippen LogP contribution in [0.2, 0.25) is 0 Å². The second-order valence-electron chi connectivity index (χ2n) is 14.4. The quantitative estimate of drug-likeness (QED) is 0.182. The van der Waals surface area contributed by atoms with Gasteiger partial charge in [0.1, 0.15) is 12.7 Å². The van der Waals surface area contributed by atoms with Crippen molar-refractivity contribution in [2.75, 3.05) is 0 Å². The number of rotatable bonds is 2. The summed E-state index contributed by atoms with van der Waals surface area (Å²) in [7, 11) is 0. The molecule has 3 nitrogen and oxygen atoms in total. The van der Waals surface area contributed by atoms with Crippen LogP contribution in [0.1, 0.15) is 49.9 Å². The molecule has 0 aliphatic heterocycles. The first kappa shape index (κ1) is 27.4. The summed E-state index contributed by atoms with van der Waals surface area (Å²) >= 11 is 0. The summed E-state index contributed by atoms with van der Waals surface area (Å²) in [4.78, 5) is 13.4. The smallest absolute Gasteiger partial charge is 0.163 e. The molecule has 3 heteroatoms. The molecular weight excluding hydrogens is 583 g/mol. The zero-order valence-corrected chi connectivity index (χ0v) is 27.5. The molecule has 8 aromatic rings. The van der Waals surface area contributed by atoms with Gasteiger partial charge in [-0.25, -0.2) is 15.0 Å². The Hall–Kier alpha value is -5.67. The Kier molecular flexibility index (Phi) is 5.40. The van der Waals surface area contributed by atoms with Gasteiger partial charge in [-0.3, -0.25) is 0 Å². The van der Waals surface area contributed by atoms with Crippen LogP contribution in [0, 0.1) is 0 Å². The van der Waals surface area contributed by atoms with Crippen LogP contribution in [0.25, 0.3) is 77.1 Å². The van der Waals surface area contributed by atoms with E-state index in [-0.39, 0.29) is 10.8 Å². The predicted octanol–water partition coefficient (Wildman–Crippen LogP) is 11.3. The van der Waals surface area contributed by atoms with E-state index in [1.165, 1.54) is 77.2 Å². The van der Waals surface area contributed by atoms with Gasteiger partial charge in [0.25, 0.3) is 0 Å². The van der Waals surface area contributed by atoms with E-state index in [9.17, 15) is 0 Å². The van der Waals surface area contributed by atoms with Crippen molar-refractivity contribution in [3.05, 3.63) is 150 Å². The molecule has 228 valence electrons. The van der Waals surface area contributed by atoms with Crippen molar-refractivity contribution in [1.82, 2.24) is 15.0 Å². The van der Waals surface area contributed by atoms with E-state index in [1.54, 1.807) is 12.7 Å². The van der Waals surface area contributed by atoms with Crippen LogP contribution < -0.4 is 0 Å². The number of fused-ring (bicyclic) bond motifs is 11. The third-order valence-corrected chi connectivity index (χ3v) is 11.3. The van der Waals surface area contributed by atoms with E-state index in [0.717, 1.165) is 16.3 Å². The average molecular weight is 616 g/mol. The summed E-state index contributed by atoms with van der Waals surface area (Å²) in [5.74, 6) is 0.691. The van der Waals surface area contributed by atoms with Crippen molar-refractivity contribution < 1.29 is 0 Å². The SMILES string of the molecule is CC1(C)c2ccccc2-c2c1ccc1c(-c3c4ccccc4c(-c4ncncn4)c4ccccc34)cc3c(c21)-c1ccccc1C3(C)C.